The molecule has 0 unspecified atom stereocenters. The van der Waals surface area contributed by atoms with E-state index in [0.717, 1.165) is 37.9 Å². The number of anilines is 1. The second kappa shape index (κ2) is 7.15. The van der Waals surface area contributed by atoms with Crippen molar-refractivity contribution in [3.63, 3.8) is 0 Å². The minimum atomic E-state index is -0.133. The van der Waals surface area contributed by atoms with Gasteiger partial charge in [0.2, 0.25) is 11.8 Å². The van der Waals surface area contributed by atoms with Crippen molar-refractivity contribution in [1.82, 2.24) is 20.0 Å². The molecule has 4 rings (SSSR count). The molecule has 142 valence electrons. The van der Waals surface area contributed by atoms with Crippen molar-refractivity contribution in [2.45, 2.75) is 30.7 Å². The molecule has 7 heteroatoms. The molecule has 2 aliphatic rings. The van der Waals surface area contributed by atoms with Crippen molar-refractivity contribution in [3.8, 4) is 0 Å². The average molecular weight is 367 g/mol. The Morgan fingerprint density at radius 2 is 2.00 bits per heavy atom. The summed E-state index contributed by atoms with van der Waals surface area (Å²) in [5.74, 6) is 0.583. The summed E-state index contributed by atoms with van der Waals surface area (Å²) >= 11 is 0. The van der Waals surface area contributed by atoms with Gasteiger partial charge >= 0.3 is 0 Å². The summed E-state index contributed by atoms with van der Waals surface area (Å²) in [6.45, 7) is 1.96. The van der Waals surface area contributed by atoms with E-state index in [9.17, 15) is 9.59 Å². The van der Waals surface area contributed by atoms with Gasteiger partial charge in [0.1, 0.15) is 0 Å². The van der Waals surface area contributed by atoms with E-state index < -0.39 is 0 Å². The Kier molecular flexibility index (Phi) is 4.70. The standard InChI is InChI=1S/C20H25N5O2/c1-24-10-7-17(23-24)21-18(26)14-25-11-8-20(9-12-25)13-16(19(27)22-20)15-5-3-2-4-6-15/h2-7,10,16H,8-9,11-14H2,1H3,(H,22,27)(H,21,23,26)/t16-/m0/s1. The van der Waals surface area contributed by atoms with Crippen LogP contribution in [0.25, 0.3) is 0 Å². The molecule has 0 bridgehead atoms. The van der Waals surface area contributed by atoms with E-state index in [4.69, 9.17) is 0 Å². The molecule has 2 aliphatic heterocycles. The summed E-state index contributed by atoms with van der Waals surface area (Å²) < 4.78 is 1.66. The van der Waals surface area contributed by atoms with Gasteiger partial charge in [-0.2, -0.15) is 5.10 Å². The van der Waals surface area contributed by atoms with Gasteiger partial charge in [0, 0.05) is 37.9 Å². The van der Waals surface area contributed by atoms with Gasteiger partial charge in [-0.1, -0.05) is 30.3 Å². The van der Waals surface area contributed by atoms with Gasteiger partial charge in [-0.3, -0.25) is 19.2 Å². The second-order valence-corrected chi connectivity index (χ2v) is 7.64. The first kappa shape index (κ1) is 17.7. The number of hydrogen-bond acceptors (Lipinski definition) is 4. The highest BCUT2D eigenvalue weighted by molar-refractivity contribution is 5.91. The van der Waals surface area contributed by atoms with Crippen LogP contribution < -0.4 is 10.6 Å². The maximum Gasteiger partial charge on any atom is 0.239 e. The van der Waals surface area contributed by atoms with Crippen LogP contribution in [-0.4, -0.2) is 51.7 Å². The first-order chi connectivity index (χ1) is 13.0. The molecular formula is C20H25N5O2. The van der Waals surface area contributed by atoms with E-state index >= 15 is 0 Å². The number of carbonyl (C=O) groups excluding carboxylic acids is 2. The number of hydrogen-bond donors (Lipinski definition) is 2. The molecule has 1 aromatic carbocycles. The topological polar surface area (TPSA) is 79.3 Å². The van der Waals surface area contributed by atoms with Gasteiger partial charge < -0.3 is 10.6 Å². The van der Waals surface area contributed by atoms with E-state index in [2.05, 4.69) is 20.6 Å². The largest absolute Gasteiger partial charge is 0.350 e. The zero-order chi connectivity index (χ0) is 18.9. The summed E-state index contributed by atoms with van der Waals surface area (Å²) in [7, 11) is 1.82. The Morgan fingerprint density at radius 3 is 2.67 bits per heavy atom. The fraction of sp³-hybridized carbons (Fsp3) is 0.450. The highest BCUT2D eigenvalue weighted by atomic mass is 16.2. The molecule has 1 spiro atoms. The second-order valence-electron chi connectivity index (χ2n) is 7.64. The number of nitrogens with one attached hydrogen (secondary N) is 2. The van der Waals surface area contributed by atoms with Crippen LogP contribution in [0.4, 0.5) is 5.82 Å². The van der Waals surface area contributed by atoms with Gasteiger partial charge in [0.15, 0.2) is 5.82 Å². The molecular weight excluding hydrogens is 342 g/mol. The smallest absolute Gasteiger partial charge is 0.239 e. The zero-order valence-corrected chi connectivity index (χ0v) is 15.5. The van der Waals surface area contributed by atoms with E-state index in [0.29, 0.717) is 12.4 Å². The molecule has 0 radical (unpaired) electrons. The molecule has 27 heavy (non-hydrogen) atoms. The molecule has 2 amide bonds. The quantitative estimate of drug-likeness (QED) is 0.858. The lowest BCUT2D eigenvalue weighted by Gasteiger charge is -2.39. The van der Waals surface area contributed by atoms with Gasteiger partial charge in [-0.15, -0.1) is 0 Å². The molecule has 1 atom stereocenters. The molecule has 3 heterocycles. The lowest BCUT2D eigenvalue weighted by Crippen LogP contribution is -2.52. The van der Waals surface area contributed by atoms with Crippen LogP contribution in [0, 0.1) is 0 Å². The number of carbonyl (C=O) groups is 2. The number of likely N-dealkylation sites (tertiary alicyclic amines) is 1. The molecule has 1 aromatic heterocycles. The predicted octanol–water partition coefficient (Wildman–Crippen LogP) is 1.50. The monoisotopic (exact) mass is 367 g/mol. The molecule has 7 nitrogen and oxygen atoms in total. The van der Waals surface area contributed by atoms with Gasteiger partial charge in [0.05, 0.1) is 12.5 Å². The molecule has 2 aromatic rings. The number of piperidine rings is 1. The van der Waals surface area contributed by atoms with Crippen molar-refractivity contribution in [3.05, 3.63) is 48.2 Å². The Hall–Kier alpha value is -2.67. The summed E-state index contributed by atoms with van der Waals surface area (Å²) in [5, 5.41) is 10.2. The number of benzene rings is 1. The first-order valence-electron chi connectivity index (χ1n) is 9.42. The van der Waals surface area contributed by atoms with Crippen molar-refractivity contribution < 1.29 is 9.59 Å². The molecule has 2 saturated heterocycles. The Morgan fingerprint density at radius 1 is 1.26 bits per heavy atom. The van der Waals surface area contributed by atoms with Crippen LogP contribution in [0.1, 0.15) is 30.7 Å². The predicted molar refractivity (Wildman–Crippen MR) is 102 cm³/mol. The number of aromatic nitrogens is 2. The van der Waals surface area contributed by atoms with Crippen molar-refractivity contribution in [2.75, 3.05) is 25.0 Å². The van der Waals surface area contributed by atoms with Gasteiger partial charge in [-0.05, 0) is 24.8 Å². The minimum Gasteiger partial charge on any atom is -0.350 e. The normalized spacial score (nSPS) is 22.0. The van der Waals surface area contributed by atoms with Crippen molar-refractivity contribution in [1.29, 1.82) is 0 Å². The summed E-state index contributed by atoms with van der Waals surface area (Å²) in [5.41, 5.74) is 0.954. The van der Waals surface area contributed by atoms with Crippen LogP contribution >= 0.6 is 0 Å². The summed E-state index contributed by atoms with van der Waals surface area (Å²) in [4.78, 5) is 26.9. The van der Waals surface area contributed by atoms with E-state index in [-0.39, 0.29) is 23.3 Å². The number of amides is 2. The van der Waals surface area contributed by atoms with E-state index in [1.807, 2.05) is 37.4 Å². The Balaban J connectivity index is 1.31. The highest BCUT2D eigenvalue weighted by Gasteiger charge is 2.46. The minimum absolute atomic E-state index is 0.0535. The number of rotatable bonds is 4. The third-order valence-electron chi connectivity index (χ3n) is 5.66. The highest BCUT2D eigenvalue weighted by Crippen LogP contribution is 2.39. The van der Waals surface area contributed by atoms with Crippen LogP contribution in [-0.2, 0) is 16.6 Å². The fourth-order valence-electron chi connectivity index (χ4n) is 4.17. The van der Waals surface area contributed by atoms with Crippen molar-refractivity contribution >= 4 is 17.6 Å². The fourth-order valence-corrected chi connectivity index (χ4v) is 4.17. The van der Waals surface area contributed by atoms with E-state index in [1.54, 1.807) is 16.9 Å². The van der Waals surface area contributed by atoms with Gasteiger partial charge in [-0.25, -0.2) is 0 Å². The van der Waals surface area contributed by atoms with Crippen LogP contribution in [0.3, 0.4) is 0 Å². The third-order valence-corrected chi connectivity index (χ3v) is 5.66. The summed E-state index contributed by atoms with van der Waals surface area (Å²) in [6, 6.07) is 11.8. The Bertz CT molecular complexity index is 824. The van der Waals surface area contributed by atoms with Crippen LogP contribution in [0.2, 0.25) is 0 Å². The molecule has 2 fully saturated rings. The molecule has 2 N–H and O–H groups in total. The Labute approximate surface area is 158 Å². The summed E-state index contributed by atoms with van der Waals surface area (Å²) in [6.07, 6.45) is 4.38. The van der Waals surface area contributed by atoms with Crippen molar-refractivity contribution in [2.24, 2.45) is 7.05 Å². The van der Waals surface area contributed by atoms with Crippen LogP contribution in [0.15, 0.2) is 42.6 Å². The average Bonchev–Trinajstić information content (AvgIpc) is 3.21. The molecule has 0 aliphatic carbocycles. The first-order valence-corrected chi connectivity index (χ1v) is 9.42. The maximum atomic E-state index is 12.5. The van der Waals surface area contributed by atoms with E-state index in [1.165, 1.54) is 0 Å². The van der Waals surface area contributed by atoms with Crippen LogP contribution in [0.5, 0.6) is 0 Å². The lowest BCUT2D eigenvalue weighted by molar-refractivity contribution is -0.121. The zero-order valence-electron chi connectivity index (χ0n) is 15.5. The third kappa shape index (κ3) is 3.88. The number of aryl methyl sites for hydroxylation is 1. The maximum absolute atomic E-state index is 12.5. The molecule has 0 saturated carbocycles. The lowest BCUT2D eigenvalue weighted by atomic mass is 9.82. The SMILES string of the molecule is Cn1ccc(NC(=O)CN2CCC3(CC2)C[C@@H](c2ccccc2)C(=O)N3)n1. The number of nitrogens with zero attached hydrogens (tertiary/aromatic N) is 3. The van der Waals surface area contributed by atoms with Gasteiger partial charge in [0.25, 0.3) is 0 Å².